The molecule has 0 amide bonds. The molecule has 0 unspecified atom stereocenters. The zero-order valence-corrected chi connectivity index (χ0v) is 33.2. The number of hydrogen-bond acceptors (Lipinski definition) is 2. The molecule has 9 aromatic carbocycles. The third-order valence-corrected chi connectivity index (χ3v) is 12.8. The van der Waals surface area contributed by atoms with Crippen LogP contribution in [0.5, 0.6) is 0 Å². The van der Waals surface area contributed by atoms with Crippen molar-refractivity contribution in [2.45, 2.75) is 0 Å². The highest BCUT2D eigenvalue weighted by Gasteiger charge is 2.20. The number of fused-ring (bicyclic) bond motifs is 12. The molecule has 4 heterocycles. The molecular formula is C56H34N4O2. The molecule has 6 nitrogen and oxygen atoms in total. The predicted molar refractivity (Wildman–Crippen MR) is 256 cm³/mol. The van der Waals surface area contributed by atoms with Crippen LogP contribution in [0.15, 0.2) is 216 Å². The lowest BCUT2D eigenvalue weighted by Crippen LogP contribution is -2.19. The van der Waals surface area contributed by atoms with E-state index in [1.54, 1.807) is 0 Å². The molecule has 13 rings (SSSR count). The van der Waals surface area contributed by atoms with E-state index in [-0.39, 0.29) is 11.1 Å². The molecule has 0 aliphatic heterocycles. The fourth-order valence-corrected chi connectivity index (χ4v) is 10.1. The summed E-state index contributed by atoms with van der Waals surface area (Å²) in [6.07, 6.45) is 0. The molecule has 290 valence electrons. The van der Waals surface area contributed by atoms with Gasteiger partial charge in [0.2, 0.25) is 0 Å². The molecule has 62 heavy (non-hydrogen) atoms. The van der Waals surface area contributed by atoms with Crippen molar-refractivity contribution in [2.24, 2.45) is 0 Å². The zero-order chi connectivity index (χ0) is 41.1. The van der Waals surface area contributed by atoms with Crippen molar-refractivity contribution in [3.63, 3.8) is 0 Å². The normalized spacial score (nSPS) is 12.0. The second kappa shape index (κ2) is 13.0. The SMILES string of the molecule is O=c1c2ccccc2c2ccccc2n1-c1ccc(-n2c3ccccc3c3cc4c(cc32)c2ccccc2n4-c2ccc(-n3c(=O)c4ccccc4c4ccccc43)cc2)cc1. The number of aromatic nitrogens is 4. The van der Waals surface area contributed by atoms with Crippen molar-refractivity contribution < 1.29 is 0 Å². The molecule has 0 bridgehead atoms. The second-order valence-corrected chi connectivity index (χ2v) is 16.0. The highest BCUT2D eigenvalue weighted by Crippen LogP contribution is 2.40. The molecule has 13 aromatic rings. The molecule has 0 saturated heterocycles. The molecule has 0 radical (unpaired) electrons. The average molecular weight is 795 g/mol. The van der Waals surface area contributed by atoms with Gasteiger partial charge < -0.3 is 9.13 Å². The third kappa shape index (κ3) is 4.80. The van der Waals surface area contributed by atoms with Crippen molar-refractivity contribution in [2.75, 3.05) is 0 Å². The van der Waals surface area contributed by atoms with E-state index in [0.29, 0.717) is 10.8 Å². The van der Waals surface area contributed by atoms with Crippen LogP contribution in [0.1, 0.15) is 0 Å². The second-order valence-electron chi connectivity index (χ2n) is 16.0. The number of rotatable bonds is 4. The summed E-state index contributed by atoms with van der Waals surface area (Å²) < 4.78 is 8.34. The molecule has 0 aliphatic carbocycles. The van der Waals surface area contributed by atoms with Gasteiger partial charge in [0.05, 0.1) is 33.1 Å². The Morgan fingerprint density at radius 3 is 0.790 bits per heavy atom. The van der Waals surface area contributed by atoms with Gasteiger partial charge in [0, 0.05) is 65.8 Å². The van der Waals surface area contributed by atoms with Crippen molar-refractivity contribution >= 4 is 87.0 Å². The minimum Gasteiger partial charge on any atom is -0.309 e. The number of benzene rings is 9. The Bertz CT molecular complexity index is 3860. The van der Waals surface area contributed by atoms with Crippen LogP contribution in [0.2, 0.25) is 0 Å². The monoisotopic (exact) mass is 794 g/mol. The van der Waals surface area contributed by atoms with Gasteiger partial charge in [-0.3, -0.25) is 18.7 Å². The number of pyridine rings is 2. The van der Waals surface area contributed by atoms with E-state index >= 15 is 0 Å². The van der Waals surface area contributed by atoms with Crippen LogP contribution in [0.3, 0.4) is 0 Å². The first kappa shape index (κ1) is 34.4. The Hall–Kier alpha value is -8.48. The molecule has 6 heteroatoms. The quantitative estimate of drug-likeness (QED) is 0.167. The standard InChI is InChI=1S/C56H34N4O2/c61-55-45-19-3-1-13-39(45)41-15-5-11-23-51(41)59(55)37-29-25-35(26-30-37)57-49-21-9-7-17-43(49)47-34-54-48(33-53(47)57)44-18-8-10-22-50(44)58(54)36-27-31-38(32-28-36)60-52-24-12-6-16-42(52)40-14-2-4-20-46(40)56(60)62/h1-34H. The van der Waals surface area contributed by atoms with Gasteiger partial charge in [0.25, 0.3) is 11.1 Å². The molecule has 0 spiro atoms. The Balaban J connectivity index is 0.984. The van der Waals surface area contributed by atoms with Crippen molar-refractivity contribution in [1.82, 2.24) is 18.3 Å². The number of nitrogens with zero attached hydrogens (tertiary/aromatic N) is 4. The molecule has 0 saturated carbocycles. The van der Waals surface area contributed by atoms with E-state index in [1.807, 2.05) is 94.1 Å². The third-order valence-electron chi connectivity index (χ3n) is 12.8. The van der Waals surface area contributed by atoms with E-state index in [0.717, 1.165) is 98.9 Å². The summed E-state index contributed by atoms with van der Waals surface area (Å²) in [5.41, 5.74) is 9.74. The van der Waals surface area contributed by atoms with E-state index in [4.69, 9.17) is 0 Å². The molecule has 0 aliphatic rings. The summed E-state index contributed by atoms with van der Waals surface area (Å²) in [4.78, 5) is 28.1. The van der Waals surface area contributed by atoms with Crippen LogP contribution < -0.4 is 11.1 Å². The van der Waals surface area contributed by atoms with Gasteiger partial charge in [0.15, 0.2) is 0 Å². The Kier molecular flexibility index (Phi) is 7.22. The van der Waals surface area contributed by atoms with Crippen molar-refractivity contribution in [3.05, 3.63) is 227 Å². The maximum absolute atomic E-state index is 14.1. The topological polar surface area (TPSA) is 53.9 Å². The Morgan fingerprint density at radius 2 is 0.452 bits per heavy atom. The van der Waals surface area contributed by atoms with E-state index in [9.17, 15) is 9.59 Å². The highest BCUT2D eigenvalue weighted by atomic mass is 16.1. The van der Waals surface area contributed by atoms with Gasteiger partial charge in [-0.25, -0.2) is 0 Å². The van der Waals surface area contributed by atoms with Gasteiger partial charge in [-0.1, -0.05) is 109 Å². The van der Waals surface area contributed by atoms with Gasteiger partial charge in [0.1, 0.15) is 0 Å². The van der Waals surface area contributed by atoms with E-state index < -0.39 is 0 Å². The molecule has 0 N–H and O–H groups in total. The summed E-state index contributed by atoms with van der Waals surface area (Å²) in [6.45, 7) is 0. The Labute approximate surface area is 353 Å². The highest BCUT2D eigenvalue weighted by molar-refractivity contribution is 6.19. The summed E-state index contributed by atoms with van der Waals surface area (Å²) in [5, 5.41) is 10.00. The first-order chi connectivity index (χ1) is 30.6. The summed E-state index contributed by atoms with van der Waals surface area (Å²) in [5.74, 6) is 0. The van der Waals surface area contributed by atoms with Gasteiger partial charge in [-0.05, 0) is 108 Å². The molecule has 0 atom stereocenters. The Morgan fingerprint density at radius 1 is 0.210 bits per heavy atom. The molecule has 0 fully saturated rings. The maximum atomic E-state index is 14.1. The van der Waals surface area contributed by atoms with E-state index in [2.05, 4.69) is 130 Å². The van der Waals surface area contributed by atoms with Crippen LogP contribution in [0.4, 0.5) is 0 Å². The minimum atomic E-state index is -0.0339. The van der Waals surface area contributed by atoms with Crippen LogP contribution in [0, 0.1) is 0 Å². The fraction of sp³-hybridized carbons (Fsp3) is 0. The minimum absolute atomic E-state index is 0.0339. The van der Waals surface area contributed by atoms with E-state index in [1.165, 1.54) is 0 Å². The summed E-state index contributed by atoms with van der Waals surface area (Å²) in [7, 11) is 0. The number of hydrogen-bond donors (Lipinski definition) is 0. The summed E-state index contributed by atoms with van der Waals surface area (Å²) in [6, 6.07) is 70.5. The largest absolute Gasteiger partial charge is 0.309 e. The zero-order valence-electron chi connectivity index (χ0n) is 33.2. The van der Waals surface area contributed by atoms with Gasteiger partial charge in [-0.15, -0.1) is 0 Å². The lowest BCUT2D eigenvalue weighted by atomic mass is 10.1. The van der Waals surface area contributed by atoms with Crippen LogP contribution in [-0.2, 0) is 0 Å². The van der Waals surface area contributed by atoms with Gasteiger partial charge >= 0.3 is 0 Å². The lowest BCUT2D eigenvalue weighted by molar-refractivity contribution is 1.05. The summed E-state index contributed by atoms with van der Waals surface area (Å²) >= 11 is 0. The lowest BCUT2D eigenvalue weighted by Gasteiger charge is -2.15. The molecular weight excluding hydrogens is 761 g/mol. The average Bonchev–Trinajstić information content (AvgIpc) is 3.83. The van der Waals surface area contributed by atoms with Crippen LogP contribution >= 0.6 is 0 Å². The fourth-order valence-electron chi connectivity index (χ4n) is 10.1. The first-order valence-corrected chi connectivity index (χ1v) is 20.9. The maximum Gasteiger partial charge on any atom is 0.263 e. The van der Waals surface area contributed by atoms with Crippen LogP contribution in [0.25, 0.3) is 110 Å². The van der Waals surface area contributed by atoms with Crippen molar-refractivity contribution in [3.8, 4) is 22.7 Å². The first-order valence-electron chi connectivity index (χ1n) is 20.9. The van der Waals surface area contributed by atoms with Crippen LogP contribution in [-0.4, -0.2) is 18.3 Å². The van der Waals surface area contributed by atoms with Crippen molar-refractivity contribution in [1.29, 1.82) is 0 Å². The smallest absolute Gasteiger partial charge is 0.263 e. The molecule has 4 aromatic heterocycles. The van der Waals surface area contributed by atoms with Gasteiger partial charge in [-0.2, -0.15) is 0 Å². The predicted octanol–water partition coefficient (Wildman–Crippen LogP) is 12.8. The number of para-hydroxylation sites is 4.